The molecule has 0 bridgehead atoms. The van der Waals surface area contributed by atoms with E-state index in [2.05, 4.69) is 17.2 Å². The van der Waals surface area contributed by atoms with Crippen LogP contribution in [0.2, 0.25) is 0 Å². The molecule has 3 rings (SSSR count). The SMILES string of the molecule is CCCc1cc(=O)[nH]c2cc(NC(=O)c3ccccc3F)ccc12. The summed E-state index contributed by atoms with van der Waals surface area (Å²) in [7, 11) is 0. The monoisotopic (exact) mass is 324 g/mol. The van der Waals surface area contributed by atoms with Crippen LogP contribution in [0.3, 0.4) is 0 Å². The van der Waals surface area contributed by atoms with E-state index in [4.69, 9.17) is 0 Å². The number of halogens is 1. The Morgan fingerprint density at radius 1 is 1.17 bits per heavy atom. The van der Waals surface area contributed by atoms with Crippen molar-refractivity contribution in [2.24, 2.45) is 0 Å². The van der Waals surface area contributed by atoms with E-state index in [1.165, 1.54) is 18.2 Å². The number of carbonyl (C=O) groups is 1. The lowest BCUT2D eigenvalue weighted by atomic mass is 10.0. The molecule has 0 aliphatic rings. The van der Waals surface area contributed by atoms with Crippen molar-refractivity contribution < 1.29 is 9.18 Å². The number of pyridine rings is 1. The minimum absolute atomic E-state index is 0.0224. The highest BCUT2D eigenvalue weighted by Crippen LogP contribution is 2.21. The topological polar surface area (TPSA) is 62.0 Å². The molecule has 2 N–H and O–H groups in total. The summed E-state index contributed by atoms with van der Waals surface area (Å²) in [5.41, 5.74) is 1.93. The number of H-pyrrole nitrogens is 1. The number of anilines is 1. The molecule has 1 heterocycles. The summed E-state index contributed by atoms with van der Waals surface area (Å²) in [6.45, 7) is 2.05. The van der Waals surface area contributed by atoms with E-state index in [9.17, 15) is 14.0 Å². The summed E-state index contributed by atoms with van der Waals surface area (Å²) in [6.07, 6.45) is 1.74. The lowest BCUT2D eigenvalue weighted by molar-refractivity contribution is 0.102. The molecular formula is C19H17FN2O2. The molecule has 122 valence electrons. The van der Waals surface area contributed by atoms with Gasteiger partial charge in [0.05, 0.1) is 11.1 Å². The van der Waals surface area contributed by atoms with E-state index in [1.807, 2.05) is 6.07 Å². The lowest BCUT2D eigenvalue weighted by Gasteiger charge is -2.09. The van der Waals surface area contributed by atoms with E-state index in [0.29, 0.717) is 11.2 Å². The first kappa shape index (κ1) is 15.9. The predicted octanol–water partition coefficient (Wildman–Crippen LogP) is 3.87. The van der Waals surface area contributed by atoms with Crippen LogP contribution >= 0.6 is 0 Å². The van der Waals surface area contributed by atoms with Gasteiger partial charge in [-0.25, -0.2) is 4.39 Å². The number of aryl methyl sites for hydroxylation is 1. The van der Waals surface area contributed by atoms with Crippen LogP contribution in [-0.4, -0.2) is 10.9 Å². The van der Waals surface area contributed by atoms with Crippen LogP contribution in [0.1, 0.15) is 29.3 Å². The molecule has 0 saturated heterocycles. The Balaban J connectivity index is 1.95. The first-order valence-corrected chi connectivity index (χ1v) is 7.80. The second kappa shape index (κ2) is 6.66. The van der Waals surface area contributed by atoms with Crippen molar-refractivity contribution in [1.29, 1.82) is 0 Å². The van der Waals surface area contributed by atoms with Crippen molar-refractivity contribution in [2.75, 3.05) is 5.32 Å². The molecule has 0 atom stereocenters. The molecule has 1 aromatic heterocycles. The zero-order valence-corrected chi connectivity index (χ0v) is 13.2. The van der Waals surface area contributed by atoms with Gasteiger partial charge in [-0.2, -0.15) is 0 Å². The van der Waals surface area contributed by atoms with Crippen LogP contribution in [0.5, 0.6) is 0 Å². The predicted molar refractivity (Wildman–Crippen MR) is 92.9 cm³/mol. The fraction of sp³-hybridized carbons (Fsp3) is 0.158. The maximum Gasteiger partial charge on any atom is 0.258 e. The van der Waals surface area contributed by atoms with Gasteiger partial charge in [-0.15, -0.1) is 0 Å². The number of hydrogen-bond acceptors (Lipinski definition) is 2. The Bertz CT molecular complexity index is 963. The second-order valence-corrected chi connectivity index (χ2v) is 5.60. The number of nitrogens with one attached hydrogen (secondary N) is 2. The number of rotatable bonds is 4. The Kier molecular flexibility index (Phi) is 4.42. The Labute approximate surface area is 138 Å². The Morgan fingerprint density at radius 2 is 1.96 bits per heavy atom. The van der Waals surface area contributed by atoms with Crippen LogP contribution in [-0.2, 0) is 6.42 Å². The highest BCUT2D eigenvalue weighted by Gasteiger charge is 2.11. The number of hydrogen-bond donors (Lipinski definition) is 2. The van der Waals surface area contributed by atoms with Gasteiger partial charge < -0.3 is 10.3 Å². The molecule has 0 aliphatic heterocycles. The number of aromatic nitrogens is 1. The summed E-state index contributed by atoms with van der Waals surface area (Å²) < 4.78 is 13.7. The molecule has 0 radical (unpaired) electrons. The minimum Gasteiger partial charge on any atom is -0.322 e. The molecule has 2 aromatic carbocycles. The van der Waals surface area contributed by atoms with Crippen molar-refractivity contribution in [1.82, 2.24) is 4.98 Å². The summed E-state index contributed by atoms with van der Waals surface area (Å²) in [6, 6.07) is 12.7. The Morgan fingerprint density at radius 3 is 2.71 bits per heavy atom. The molecule has 1 amide bonds. The van der Waals surface area contributed by atoms with E-state index < -0.39 is 11.7 Å². The number of amides is 1. The molecule has 24 heavy (non-hydrogen) atoms. The van der Waals surface area contributed by atoms with Crippen molar-refractivity contribution in [3.63, 3.8) is 0 Å². The Hall–Kier alpha value is -2.95. The largest absolute Gasteiger partial charge is 0.322 e. The summed E-state index contributed by atoms with van der Waals surface area (Å²) in [5, 5.41) is 3.61. The van der Waals surface area contributed by atoms with Gasteiger partial charge in [-0.1, -0.05) is 31.5 Å². The van der Waals surface area contributed by atoms with Gasteiger partial charge in [0.25, 0.3) is 5.91 Å². The molecule has 5 heteroatoms. The number of benzene rings is 2. The average molecular weight is 324 g/mol. The third-order valence-electron chi connectivity index (χ3n) is 3.82. The fourth-order valence-corrected chi connectivity index (χ4v) is 2.73. The zero-order valence-electron chi connectivity index (χ0n) is 13.2. The van der Waals surface area contributed by atoms with Gasteiger partial charge in [0.2, 0.25) is 5.56 Å². The van der Waals surface area contributed by atoms with E-state index in [0.717, 1.165) is 23.8 Å². The van der Waals surface area contributed by atoms with Gasteiger partial charge in [0.15, 0.2) is 0 Å². The quantitative estimate of drug-likeness (QED) is 0.765. The van der Waals surface area contributed by atoms with Crippen LogP contribution < -0.4 is 10.9 Å². The van der Waals surface area contributed by atoms with Gasteiger partial charge in [-0.05, 0) is 36.2 Å². The second-order valence-electron chi connectivity index (χ2n) is 5.60. The molecule has 0 spiro atoms. The first-order chi connectivity index (χ1) is 11.6. The third-order valence-corrected chi connectivity index (χ3v) is 3.82. The van der Waals surface area contributed by atoms with Crippen LogP contribution in [0, 0.1) is 5.82 Å². The molecule has 0 saturated carbocycles. The molecule has 0 unspecified atom stereocenters. The highest BCUT2D eigenvalue weighted by atomic mass is 19.1. The van der Waals surface area contributed by atoms with Crippen LogP contribution in [0.25, 0.3) is 10.9 Å². The molecule has 3 aromatic rings. The minimum atomic E-state index is -0.575. The van der Waals surface area contributed by atoms with Crippen LogP contribution in [0.15, 0.2) is 53.3 Å². The molecule has 4 nitrogen and oxygen atoms in total. The molecular weight excluding hydrogens is 307 g/mol. The van der Waals surface area contributed by atoms with Gasteiger partial charge >= 0.3 is 0 Å². The highest BCUT2D eigenvalue weighted by molar-refractivity contribution is 6.05. The summed E-state index contributed by atoms with van der Waals surface area (Å²) >= 11 is 0. The fourth-order valence-electron chi connectivity index (χ4n) is 2.73. The van der Waals surface area contributed by atoms with Gasteiger partial charge in [-0.3, -0.25) is 9.59 Å². The van der Waals surface area contributed by atoms with Crippen molar-refractivity contribution in [2.45, 2.75) is 19.8 Å². The normalized spacial score (nSPS) is 10.8. The van der Waals surface area contributed by atoms with Crippen LogP contribution in [0.4, 0.5) is 10.1 Å². The summed E-state index contributed by atoms with van der Waals surface area (Å²) in [4.78, 5) is 26.7. The van der Waals surface area contributed by atoms with E-state index >= 15 is 0 Å². The maximum atomic E-state index is 13.7. The van der Waals surface area contributed by atoms with Gasteiger partial charge in [0, 0.05) is 17.1 Å². The average Bonchev–Trinajstić information content (AvgIpc) is 2.55. The zero-order chi connectivity index (χ0) is 17.1. The molecule has 0 aliphatic carbocycles. The van der Waals surface area contributed by atoms with Crippen molar-refractivity contribution in [3.8, 4) is 0 Å². The first-order valence-electron chi connectivity index (χ1n) is 7.80. The molecule has 0 fully saturated rings. The van der Waals surface area contributed by atoms with Gasteiger partial charge in [0.1, 0.15) is 5.82 Å². The maximum absolute atomic E-state index is 13.7. The smallest absolute Gasteiger partial charge is 0.258 e. The van der Waals surface area contributed by atoms with E-state index in [-0.39, 0.29) is 11.1 Å². The standard InChI is InChI=1S/C19H17FN2O2/c1-2-5-12-10-18(23)22-17-11-13(8-9-14(12)17)21-19(24)15-6-3-4-7-16(15)20/h3-4,6-11H,2,5H2,1H3,(H,21,24)(H,22,23). The number of fused-ring (bicyclic) bond motifs is 1. The van der Waals surface area contributed by atoms with Crippen molar-refractivity contribution in [3.05, 3.63) is 75.8 Å². The summed E-state index contributed by atoms with van der Waals surface area (Å²) in [5.74, 6) is -1.10. The number of aromatic amines is 1. The number of carbonyl (C=O) groups excluding carboxylic acids is 1. The lowest BCUT2D eigenvalue weighted by Crippen LogP contribution is -2.14. The van der Waals surface area contributed by atoms with E-state index in [1.54, 1.807) is 24.3 Å². The third kappa shape index (κ3) is 3.20. The van der Waals surface area contributed by atoms with Crippen molar-refractivity contribution >= 4 is 22.5 Å².